The van der Waals surface area contributed by atoms with E-state index in [4.69, 9.17) is 5.73 Å². The lowest BCUT2D eigenvalue weighted by Crippen LogP contribution is -2.34. The van der Waals surface area contributed by atoms with Gasteiger partial charge >= 0.3 is 6.18 Å². The number of benzene rings is 2. The summed E-state index contributed by atoms with van der Waals surface area (Å²) in [6.45, 7) is 2.78. The van der Waals surface area contributed by atoms with Gasteiger partial charge in [0.1, 0.15) is 5.82 Å². The lowest BCUT2D eigenvalue weighted by atomic mass is 9.96. The molecular weight excluding hydrogens is 360 g/mol. The fourth-order valence-electron chi connectivity index (χ4n) is 3.56. The van der Waals surface area contributed by atoms with Crippen LogP contribution >= 0.6 is 0 Å². The number of hydrogen-bond acceptors (Lipinski definition) is 2. The Balaban J connectivity index is 2.03. The molecule has 0 aliphatic carbocycles. The Morgan fingerprint density at radius 1 is 1.22 bits per heavy atom. The van der Waals surface area contributed by atoms with Crippen molar-refractivity contribution in [1.29, 1.82) is 0 Å². The molecule has 1 heterocycles. The van der Waals surface area contributed by atoms with Crippen molar-refractivity contribution in [3.8, 4) is 11.1 Å². The third-order valence-electron chi connectivity index (χ3n) is 4.97. The van der Waals surface area contributed by atoms with E-state index in [0.29, 0.717) is 13.1 Å². The molecule has 1 aliphatic rings. The van der Waals surface area contributed by atoms with Crippen LogP contribution in [0.2, 0.25) is 0 Å². The Labute approximate surface area is 154 Å². The van der Waals surface area contributed by atoms with Crippen LogP contribution in [0.5, 0.6) is 0 Å². The molecule has 0 spiro atoms. The highest BCUT2D eigenvalue weighted by atomic mass is 19.4. The van der Waals surface area contributed by atoms with Crippen LogP contribution in [0.1, 0.15) is 29.3 Å². The number of hydrogen-bond donors (Lipinski definition) is 1. The molecule has 0 aromatic heterocycles. The monoisotopic (exact) mass is 380 g/mol. The summed E-state index contributed by atoms with van der Waals surface area (Å²) >= 11 is 0. The first-order chi connectivity index (χ1) is 12.7. The third kappa shape index (κ3) is 3.98. The maximum Gasteiger partial charge on any atom is 0.416 e. The molecule has 2 aromatic rings. The smallest absolute Gasteiger partial charge is 0.336 e. The Hall–Kier alpha value is -2.41. The molecule has 0 saturated carbocycles. The molecule has 0 bridgehead atoms. The van der Waals surface area contributed by atoms with Crippen molar-refractivity contribution in [1.82, 2.24) is 4.90 Å². The summed E-state index contributed by atoms with van der Waals surface area (Å²) in [5.74, 6) is -0.851. The van der Waals surface area contributed by atoms with Gasteiger partial charge in [-0.05, 0) is 61.2 Å². The highest BCUT2D eigenvalue weighted by Gasteiger charge is 2.34. The number of rotatable bonds is 3. The van der Waals surface area contributed by atoms with Crippen LogP contribution in [0.3, 0.4) is 0 Å². The maximum atomic E-state index is 13.8. The molecule has 2 aromatic carbocycles. The second-order valence-corrected chi connectivity index (χ2v) is 6.91. The topological polar surface area (TPSA) is 46.3 Å². The summed E-state index contributed by atoms with van der Waals surface area (Å²) in [5.41, 5.74) is 5.42. The Morgan fingerprint density at radius 2 is 1.96 bits per heavy atom. The standard InChI is InChI=1S/C20H20F4N2O/c1-12-7-13(10-25)11-26(12)19(27)18-9-16(21)5-6-17(18)14-3-2-4-15(8-14)20(22,23)24/h2-6,8-9,12-13H,7,10-11,25H2,1H3. The number of halogens is 4. The van der Waals surface area contributed by atoms with E-state index in [1.807, 2.05) is 6.92 Å². The van der Waals surface area contributed by atoms with Gasteiger partial charge in [-0.25, -0.2) is 4.39 Å². The summed E-state index contributed by atoms with van der Waals surface area (Å²) in [6, 6.07) is 8.20. The van der Waals surface area contributed by atoms with Crippen LogP contribution in [0.4, 0.5) is 17.6 Å². The average Bonchev–Trinajstić information content (AvgIpc) is 3.01. The lowest BCUT2D eigenvalue weighted by molar-refractivity contribution is -0.137. The number of carbonyl (C=O) groups is 1. The summed E-state index contributed by atoms with van der Waals surface area (Å²) in [5, 5.41) is 0. The number of amides is 1. The van der Waals surface area contributed by atoms with E-state index in [-0.39, 0.29) is 28.7 Å². The molecule has 27 heavy (non-hydrogen) atoms. The summed E-state index contributed by atoms with van der Waals surface area (Å²) in [6.07, 6.45) is -3.76. The van der Waals surface area contributed by atoms with Gasteiger partial charge in [0.15, 0.2) is 0 Å². The second-order valence-electron chi connectivity index (χ2n) is 6.91. The summed E-state index contributed by atoms with van der Waals surface area (Å²) in [4.78, 5) is 14.7. The van der Waals surface area contributed by atoms with Crippen LogP contribution in [0, 0.1) is 11.7 Å². The number of nitrogens with zero attached hydrogens (tertiary/aromatic N) is 1. The van der Waals surface area contributed by atoms with E-state index >= 15 is 0 Å². The molecule has 1 saturated heterocycles. The van der Waals surface area contributed by atoms with E-state index in [0.717, 1.165) is 30.7 Å². The van der Waals surface area contributed by atoms with Crippen molar-refractivity contribution < 1.29 is 22.4 Å². The molecular formula is C20H20F4N2O. The van der Waals surface area contributed by atoms with Gasteiger partial charge in [0, 0.05) is 12.6 Å². The van der Waals surface area contributed by atoms with Crippen molar-refractivity contribution in [2.45, 2.75) is 25.6 Å². The zero-order valence-electron chi connectivity index (χ0n) is 14.8. The molecule has 0 radical (unpaired) electrons. The zero-order valence-corrected chi connectivity index (χ0v) is 14.8. The van der Waals surface area contributed by atoms with E-state index < -0.39 is 23.5 Å². The van der Waals surface area contributed by atoms with E-state index in [9.17, 15) is 22.4 Å². The number of nitrogens with two attached hydrogens (primary N) is 1. The van der Waals surface area contributed by atoms with Gasteiger partial charge in [-0.3, -0.25) is 4.79 Å². The van der Waals surface area contributed by atoms with Crippen LogP contribution in [0.15, 0.2) is 42.5 Å². The minimum atomic E-state index is -4.50. The van der Waals surface area contributed by atoms with Crippen molar-refractivity contribution in [2.24, 2.45) is 11.7 Å². The number of carbonyl (C=O) groups excluding carboxylic acids is 1. The molecule has 1 aliphatic heterocycles. The Kier molecular flexibility index (Phi) is 5.24. The van der Waals surface area contributed by atoms with E-state index in [2.05, 4.69) is 0 Å². The molecule has 2 N–H and O–H groups in total. The summed E-state index contributed by atoms with van der Waals surface area (Å²) < 4.78 is 53.0. The van der Waals surface area contributed by atoms with Crippen LogP contribution in [0.25, 0.3) is 11.1 Å². The quantitative estimate of drug-likeness (QED) is 0.806. The zero-order chi connectivity index (χ0) is 19.8. The van der Waals surface area contributed by atoms with E-state index in [1.165, 1.54) is 18.2 Å². The first kappa shape index (κ1) is 19.4. The van der Waals surface area contributed by atoms with Crippen molar-refractivity contribution in [3.63, 3.8) is 0 Å². The van der Waals surface area contributed by atoms with Crippen LogP contribution < -0.4 is 5.73 Å². The summed E-state index contributed by atoms with van der Waals surface area (Å²) in [7, 11) is 0. The highest BCUT2D eigenvalue weighted by molar-refractivity contribution is 6.01. The van der Waals surface area contributed by atoms with Gasteiger partial charge < -0.3 is 10.6 Å². The molecule has 1 amide bonds. The molecule has 3 nitrogen and oxygen atoms in total. The SMILES string of the molecule is CC1CC(CN)CN1C(=O)c1cc(F)ccc1-c1cccc(C(F)(F)F)c1. The number of likely N-dealkylation sites (tertiary alicyclic amines) is 1. The van der Waals surface area contributed by atoms with Crippen molar-refractivity contribution in [3.05, 3.63) is 59.4 Å². The van der Waals surface area contributed by atoms with Crippen LogP contribution in [-0.4, -0.2) is 29.9 Å². The van der Waals surface area contributed by atoms with Gasteiger partial charge in [-0.1, -0.05) is 18.2 Å². The first-order valence-electron chi connectivity index (χ1n) is 8.69. The minimum Gasteiger partial charge on any atom is -0.336 e. The molecule has 7 heteroatoms. The molecule has 1 fully saturated rings. The normalized spacial score (nSPS) is 20.1. The van der Waals surface area contributed by atoms with E-state index in [1.54, 1.807) is 4.90 Å². The Morgan fingerprint density at radius 3 is 2.59 bits per heavy atom. The largest absolute Gasteiger partial charge is 0.416 e. The molecule has 2 unspecified atom stereocenters. The predicted octanol–water partition coefficient (Wildman–Crippen LogP) is 4.32. The minimum absolute atomic E-state index is 0.0545. The lowest BCUT2D eigenvalue weighted by Gasteiger charge is -2.23. The molecule has 144 valence electrons. The van der Waals surface area contributed by atoms with Gasteiger partial charge in [0.25, 0.3) is 5.91 Å². The number of alkyl halides is 3. The fraction of sp³-hybridized carbons (Fsp3) is 0.350. The highest BCUT2D eigenvalue weighted by Crippen LogP contribution is 2.34. The third-order valence-corrected chi connectivity index (χ3v) is 4.97. The second kappa shape index (κ2) is 7.31. The van der Waals surface area contributed by atoms with Gasteiger partial charge in [-0.2, -0.15) is 13.2 Å². The van der Waals surface area contributed by atoms with Crippen molar-refractivity contribution >= 4 is 5.91 Å². The first-order valence-corrected chi connectivity index (χ1v) is 8.69. The van der Waals surface area contributed by atoms with Gasteiger partial charge in [0.2, 0.25) is 0 Å². The predicted molar refractivity (Wildman–Crippen MR) is 94.5 cm³/mol. The molecule has 2 atom stereocenters. The molecule has 3 rings (SSSR count). The fourth-order valence-corrected chi connectivity index (χ4v) is 3.56. The Bertz CT molecular complexity index is 850. The average molecular weight is 380 g/mol. The maximum absolute atomic E-state index is 13.8. The van der Waals surface area contributed by atoms with Crippen LogP contribution in [-0.2, 0) is 6.18 Å². The van der Waals surface area contributed by atoms with Gasteiger partial charge in [0.05, 0.1) is 11.1 Å². The van der Waals surface area contributed by atoms with Crippen molar-refractivity contribution in [2.75, 3.05) is 13.1 Å². The van der Waals surface area contributed by atoms with Gasteiger partial charge in [-0.15, -0.1) is 0 Å².